The molecular formula is C29H25N3O3. The van der Waals surface area contributed by atoms with Crippen LogP contribution in [0.4, 0.5) is 5.69 Å². The third-order valence-corrected chi connectivity index (χ3v) is 5.35. The van der Waals surface area contributed by atoms with Crippen molar-refractivity contribution in [2.45, 2.75) is 6.54 Å². The Labute approximate surface area is 204 Å². The molecule has 2 amide bonds. The quantitative estimate of drug-likeness (QED) is 0.278. The number of hydrogen-bond donors (Lipinski definition) is 2. The van der Waals surface area contributed by atoms with Gasteiger partial charge in [-0.1, -0.05) is 60.7 Å². The molecule has 6 heteroatoms. The smallest absolute Gasteiger partial charge is 0.256 e. The fraction of sp³-hybridized carbons (Fsp3) is 0.0690. The number of ether oxygens (including phenoxy) is 1. The van der Waals surface area contributed by atoms with E-state index < -0.39 is 0 Å². The monoisotopic (exact) mass is 463 g/mol. The lowest BCUT2D eigenvalue weighted by Crippen LogP contribution is -2.25. The van der Waals surface area contributed by atoms with Crippen LogP contribution in [-0.4, -0.2) is 23.9 Å². The Morgan fingerprint density at radius 1 is 0.886 bits per heavy atom. The molecule has 6 nitrogen and oxygen atoms in total. The second-order valence-corrected chi connectivity index (χ2v) is 7.74. The molecule has 2 N–H and O–H groups in total. The van der Waals surface area contributed by atoms with Crippen molar-refractivity contribution >= 4 is 29.2 Å². The van der Waals surface area contributed by atoms with Crippen molar-refractivity contribution in [1.29, 1.82) is 0 Å². The van der Waals surface area contributed by atoms with Gasteiger partial charge in [0.15, 0.2) is 0 Å². The molecule has 4 rings (SSSR count). The van der Waals surface area contributed by atoms with Crippen LogP contribution in [0.5, 0.6) is 5.75 Å². The number of anilines is 1. The van der Waals surface area contributed by atoms with E-state index >= 15 is 0 Å². The summed E-state index contributed by atoms with van der Waals surface area (Å²) in [5.41, 5.74) is 3.78. The maximum absolute atomic E-state index is 13.5. The highest BCUT2D eigenvalue weighted by Crippen LogP contribution is 2.23. The molecule has 0 saturated carbocycles. The lowest BCUT2D eigenvalue weighted by Gasteiger charge is -2.14. The SMILES string of the molecule is COc1ccc(/C=C(/C(=O)Nc2ccccc2C(=O)NCc2cccnc2)c2ccccc2)cc1. The lowest BCUT2D eigenvalue weighted by atomic mass is 10.0. The Bertz CT molecular complexity index is 1320. The second kappa shape index (κ2) is 11.4. The van der Waals surface area contributed by atoms with E-state index in [1.54, 1.807) is 43.8 Å². The van der Waals surface area contributed by atoms with Crippen LogP contribution in [-0.2, 0) is 11.3 Å². The molecule has 0 bridgehead atoms. The van der Waals surface area contributed by atoms with Gasteiger partial charge in [-0.05, 0) is 53.1 Å². The number of aromatic nitrogens is 1. The van der Waals surface area contributed by atoms with Gasteiger partial charge in [0.05, 0.1) is 18.4 Å². The van der Waals surface area contributed by atoms with Gasteiger partial charge in [0.1, 0.15) is 5.75 Å². The summed E-state index contributed by atoms with van der Waals surface area (Å²) in [6.45, 7) is 0.335. The van der Waals surface area contributed by atoms with Crippen molar-refractivity contribution in [3.05, 3.63) is 126 Å². The normalized spacial score (nSPS) is 10.9. The average Bonchev–Trinajstić information content (AvgIpc) is 2.92. The number of pyridine rings is 1. The largest absolute Gasteiger partial charge is 0.497 e. The van der Waals surface area contributed by atoms with E-state index in [4.69, 9.17) is 4.74 Å². The Morgan fingerprint density at radius 2 is 1.63 bits per heavy atom. The van der Waals surface area contributed by atoms with Gasteiger partial charge in [0.2, 0.25) is 0 Å². The second-order valence-electron chi connectivity index (χ2n) is 7.74. The van der Waals surface area contributed by atoms with Gasteiger partial charge in [-0.3, -0.25) is 14.6 Å². The first kappa shape index (κ1) is 23.4. The van der Waals surface area contributed by atoms with Gasteiger partial charge in [-0.2, -0.15) is 0 Å². The number of carbonyl (C=O) groups is 2. The molecule has 0 aliphatic heterocycles. The number of hydrogen-bond acceptors (Lipinski definition) is 4. The first-order valence-electron chi connectivity index (χ1n) is 11.1. The van der Waals surface area contributed by atoms with Crippen LogP contribution in [0, 0.1) is 0 Å². The molecule has 0 aliphatic carbocycles. The van der Waals surface area contributed by atoms with E-state index in [-0.39, 0.29) is 11.8 Å². The summed E-state index contributed by atoms with van der Waals surface area (Å²) in [4.78, 5) is 30.4. The minimum Gasteiger partial charge on any atom is -0.497 e. The molecule has 0 fully saturated rings. The topological polar surface area (TPSA) is 80.3 Å². The summed E-state index contributed by atoms with van der Waals surface area (Å²) in [7, 11) is 1.61. The summed E-state index contributed by atoms with van der Waals surface area (Å²) in [6, 6.07) is 27.5. The molecule has 0 radical (unpaired) electrons. The van der Waals surface area contributed by atoms with Crippen molar-refractivity contribution < 1.29 is 14.3 Å². The van der Waals surface area contributed by atoms with Gasteiger partial charge in [-0.25, -0.2) is 0 Å². The molecule has 35 heavy (non-hydrogen) atoms. The van der Waals surface area contributed by atoms with E-state index in [1.165, 1.54) is 0 Å². The van der Waals surface area contributed by atoms with Gasteiger partial charge in [0.25, 0.3) is 11.8 Å². The highest BCUT2D eigenvalue weighted by molar-refractivity contribution is 6.29. The maximum atomic E-state index is 13.5. The molecule has 1 aromatic heterocycles. The van der Waals surface area contributed by atoms with Gasteiger partial charge in [0, 0.05) is 24.5 Å². The lowest BCUT2D eigenvalue weighted by molar-refractivity contribution is -0.111. The molecule has 1 heterocycles. The van der Waals surface area contributed by atoms with Gasteiger partial charge < -0.3 is 15.4 Å². The Morgan fingerprint density at radius 3 is 2.34 bits per heavy atom. The summed E-state index contributed by atoms with van der Waals surface area (Å²) in [5, 5.41) is 5.81. The summed E-state index contributed by atoms with van der Waals surface area (Å²) in [5.74, 6) is 0.128. The highest BCUT2D eigenvalue weighted by atomic mass is 16.5. The fourth-order valence-corrected chi connectivity index (χ4v) is 3.52. The minimum absolute atomic E-state index is 0.287. The molecular weight excluding hydrogens is 438 g/mol. The third-order valence-electron chi connectivity index (χ3n) is 5.35. The number of para-hydroxylation sites is 1. The van der Waals surface area contributed by atoms with Crippen molar-refractivity contribution in [1.82, 2.24) is 10.3 Å². The van der Waals surface area contributed by atoms with Crippen LogP contribution >= 0.6 is 0 Å². The Kier molecular flexibility index (Phi) is 7.66. The number of rotatable bonds is 8. The molecule has 174 valence electrons. The average molecular weight is 464 g/mol. The number of benzene rings is 3. The number of nitrogens with one attached hydrogen (secondary N) is 2. The molecule has 0 unspecified atom stereocenters. The molecule has 0 saturated heterocycles. The van der Waals surface area contributed by atoms with Crippen LogP contribution in [0.15, 0.2) is 103 Å². The number of nitrogens with zero attached hydrogens (tertiary/aromatic N) is 1. The predicted molar refractivity (Wildman–Crippen MR) is 138 cm³/mol. The fourth-order valence-electron chi connectivity index (χ4n) is 3.52. The molecule has 3 aromatic carbocycles. The zero-order valence-corrected chi connectivity index (χ0v) is 19.3. The molecule has 4 aromatic rings. The highest BCUT2D eigenvalue weighted by Gasteiger charge is 2.17. The van der Waals surface area contributed by atoms with Crippen LogP contribution in [0.3, 0.4) is 0 Å². The van der Waals surface area contributed by atoms with Crippen LogP contribution in [0.1, 0.15) is 27.0 Å². The van der Waals surface area contributed by atoms with Crippen LogP contribution < -0.4 is 15.4 Å². The molecule has 0 aliphatic rings. The van der Waals surface area contributed by atoms with Crippen molar-refractivity contribution in [2.75, 3.05) is 12.4 Å². The van der Waals surface area contributed by atoms with Crippen molar-refractivity contribution in [3.8, 4) is 5.75 Å². The summed E-state index contributed by atoms with van der Waals surface area (Å²) in [6.07, 6.45) is 5.19. The molecule has 0 atom stereocenters. The predicted octanol–water partition coefficient (Wildman–Crippen LogP) is 5.20. The van der Waals surface area contributed by atoms with Crippen molar-refractivity contribution in [2.24, 2.45) is 0 Å². The summed E-state index contributed by atoms with van der Waals surface area (Å²) >= 11 is 0. The maximum Gasteiger partial charge on any atom is 0.256 e. The van der Waals surface area contributed by atoms with E-state index in [1.807, 2.05) is 72.8 Å². The van der Waals surface area contributed by atoms with Crippen LogP contribution in [0.25, 0.3) is 11.6 Å². The van der Waals surface area contributed by atoms with Gasteiger partial charge >= 0.3 is 0 Å². The zero-order valence-electron chi connectivity index (χ0n) is 19.3. The summed E-state index contributed by atoms with van der Waals surface area (Å²) < 4.78 is 5.23. The standard InChI is InChI=1S/C29H25N3O3/c1-35-24-15-13-21(14-16-24)18-26(23-9-3-2-4-10-23)29(34)32-27-12-6-5-11-25(27)28(33)31-20-22-8-7-17-30-19-22/h2-19H,20H2,1H3,(H,31,33)(H,32,34)/b26-18+. The van der Waals surface area contributed by atoms with E-state index in [0.29, 0.717) is 23.4 Å². The first-order valence-corrected chi connectivity index (χ1v) is 11.1. The van der Waals surface area contributed by atoms with E-state index in [9.17, 15) is 9.59 Å². The van der Waals surface area contributed by atoms with Gasteiger partial charge in [-0.15, -0.1) is 0 Å². The molecule has 0 spiro atoms. The number of methoxy groups -OCH3 is 1. The van der Waals surface area contributed by atoms with E-state index in [2.05, 4.69) is 15.6 Å². The third kappa shape index (κ3) is 6.21. The van der Waals surface area contributed by atoms with E-state index in [0.717, 1.165) is 22.4 Å². The zero-order chi connectivity index (χ0) is 24.5. The van der Waals surface area contributed by atoms with Crippen LogP contribution in [0.2, 0.25) is 0 Å². The first-order chi connectivity index (χ1) is 17.1. The number of carbonyl (C=O) groups excluding carboxylic acids is 2. The Hall–Kier alpha value is -4.71. The minimum atomic E-state index is -0.320. The Balaban J connectivity index is 1.58. The number of amides is 2. The van der Waals surface area contributed by atoms with Crippen molar-refractivity contribution in [3.63, 3.8) is 0 Å².